The molecule has 10 aromatic rings. The molecule has 4 heterocycles. The highest BCUT2D eigenvalue weighted by atomic mass is 15.1. The molecule has 0 atom stereocenters. The van der Waals surface area contributed by atoms with Crippen LogP contribution in [0.1, 0.15) is 35.6 Å². The second kappa shape index (κ2) is 9.18. The first-order valence-corrected chi connectivity index (χ1v) is 13.2. The van der Waals surface area contributed by atoms with Crippen LogP contribution in [-0.4, -0.2) is 18.7 Å². The van der Waals surface area contributed by atoms with Crippen LogP contribution in [0.3, 0.4) is 0 Å². The maximum Gasteiger partial charge on any atom is 0.147 e. The SMILES string of the molecule is [2H]c1nc2c(c(-n3c4c([2H])c([2H])c([2H])c([2H])c4c4c([2H])c([2H])c([2H])c([2H])c43)c1[2H])c1c([2H])c([2H])c([2H])c([2H])c1n2-c1c([2H])c([2H])c2c3c([2H])c([2H])c([2H])c([2H])c3n(-c3c([2H])c([2H])c([2H])c([2H])c3[2H])c2c1[2H]. The molecule has 0 N–H and O–H groups in total. The molecular weight excluding hydrogens is 548 g/mol. The minimum absolute atomic E-state index is 0.458. The lowest BCUT2D eigenvalue weighted by atomic mass is 10.1. The van der Waals surface area contributed by atoms with Crippen LogP contribution in [0.4, 0.5) is 0 Å². The van der Waals surface area contributed by atoms with Crippen LogP contribution in [0.5, 0.6) is 0 Å². The van der Waals surface area contributed by atoms with Crippen LogP contribution < -0.4 is 0 Å². The summed E-state index contributed by atoms with van der Waals surface area (Å²) < 4.78 is 235. The molecule has 0 amide bonds. The second-order valence-electron chi connectivity index (χ2n) is 9.72. The van der Waals surface area contributed by atoms with Crippen molar-refractivity contribution in [2.75, 3.05) is 0 Å². The van der Waals surface area contributed by atoms with Gasteiger partial charge in [0.25, 0.3) is 0 Å². The van der Waals surface area contributed by atoms with Gasteiger partial charge in [0.2, 0.25) is 0 Å². The Morgan fingerprint density at radius 1 is 0.400 bits per heavy atom. The van der Waals surface area contributed by atoms with Gasteiger partial charge in [-0.15, -0.1) is 0 Å². The fourth-order valence-corrected chi connectivity index (χ4v) is 5.73. The molecule has 10 rings (SSSR count). The zero-order valence-corrected chi connectivity index (χ0v) is 22.3. The van der Waals surface area contributed by atoms with Gasteiger partial charge in [0.05, 0.1) is 74.3 Å². The zero-order valence-electron chi connectivity index (χ0n) is 48.3. The molecule has 0 bridgehead atoms. The Hall–Kier alpha value is -6.13. The highest BCUT2D eigenvalue weighted by Crippen LogP contribution is 2.40. The van der Waals surface area contributed by atoms with E-state index in [0.717, 1.165) is 13.7 Å². The van der Waals surface area contributed by atoms with E-state index in [1.807, 2.05) is 0 Å². The van der Waals surface area contributed by atoms with Crippen molar-refractivity contribution in [3.05, 3.63) is 157 Å². The number of nitrogens with zero attached hydrogens (tertiary/aromatic N) is 4. The zero-order chi connectivity index (χ0) is 52.1. The number of aromatic nitrogens is 4. The predicted molar refractivity (Wildman–Crippen MR) is 187 cm³/mol. The van der Waals surface area contributed by atoms with Crippen LogP contribution >= 0.6 is 0 Å². The number of para-hydroxylation sites is 5. The monoisotopic (exact) mass is 600 g/mol. The number of hydrogen-bond acceptors (Lipinski definition) is 1. The van der Waals surface area contributed by atoms with Crippen molar-refractivity contribution in [2.45, 2.75) is 0 Å². The van der Waals surface area contributed by atoms with Gasteiger partial charge >= 0.3 is 0 Å². The van der Waals surface area contributed by atoms with Crippen molar-refractivity contribution < 1.29 is 35.6 Å². The number of benzene rings is 6. The van der Waals surface area contributed by atoms with Gasteiger partial charge in [-0.1, -0.05) is 96.7 Å². The van der Waals surface area contributed by atoms with E-state index in [1.54, 1.807) is 0 Å². The molecule has 0 aliphatic rings. The fraction of sp³-hybridized carbons (Fsp3) is 0. The molecule has 0 radical (unpaired) electrons. The molecule has 0 unspecified atom stereocenters. The van der Waals surface area contributed by atoms with Crippen molar-refractivity contribution in [3.63, 3.8) is 0 Å². The van der Waals surface area contributed by atoms with Gasteiger partial charge in [-0.2, -0.15) is 0 Å². The van der Waals surface area contributed by atoms with Crippen molar-refractivity contribution in [1.82, 2.24) is 18.7 Å². The van der Waals surface area contributed by atoms with Gasteiger partial charge in [0.15, 0.2) is 0 Å². The summed E-state index contributed by atoms with van der Waals surface area (Å²) in [5.41, 5.74) is -5.93. The van der Waals surface area contributed by atoms with Crippen LogP contribution in [0.2, 0.25) is 0 Å². The Kier molecular flexibility index (Phi) is 2.08. The van der Waals surface area contributed by atoms with Gasteiger partial charge in [-0.05, 0) is 54.4 Å². The molecule has 0 aliphatic carbocycles. The lowest BCUT2D eigenvalue weighted by Crippen LogP contribution is -1.99. The van der Waals surface area contributed by atoms with Gasteiger partial charge < -0.3 is 9.13 Å². The first-order valence-electron chi connectivity index (χ1n) is 26.2. The number of hydrogen-bond donors (Lipinski definition) is 0. The largest absolute Gasteiger partial charge is 0.309 e. The summed E-state index contributed by atoms with van der Waals surface area (Å²) in [4.78, 5) is 4.30. The molecular formula is C41H26N4. The van der Waals surface area contributed by atoms with E-state index in [9.17, 15) is 8.22 Å². The third-order valence-electron chi connectivity index (χ3n) is 7.48. The molecule has 6 aromatic carbocycles. The summed E-state index contributed by atoms with van der Waals surface area (Å²) in [5, 5.41) is -3.09. The highest BCUT2D eigenvalue weighted by molar-refractivity contribution is 6.16. The summed E-state index contributed by atoms with van der Waals surface area (Å²) in [7, 11) is 0. The molecule has 0 saturated carbocycles. The van der Waals surface area contributed by atoms with Crippen LogP contribution in [0.15, 0.2) is 157 Å². The van der Waals surface area contributed by atoms with Crippen molar-refractivity contribution in [2.24, 2.45) is 0 Å². The van der Waals surface area contributed by atoms with E-state index in [1.165, 1.54) is 0 Å². The van der Waals surface area contributed by atoms with E-state index in [0.29, 0.717) is 0 Å². The molecule has 210 valence electrons. The summed E-state index contributed by atoms with van der Waals surface area (Å²) >= 11 is 0. The lowest BCUT2D eigenvalue weighted by Gasteiger charge is -2.12. The lowest BCUT2D eigenvalue weighted by molar-refractivity contribution is 1.12. The molecule has 4 aromatic heterocycles. The third-order valence-corrected chi connectivity index (χ3v) is 7.48. The Morgan fingerprint density at radius 2 is 0.911 bits per heavy atom. The van der Waals surface area contributed by atoms with Crippen LogP contribution in [0.25, 0.3) is 82.6 Å². The normalized spacial score (nSPS) is 20.1. The van der Waals surface area contributed by atoms with E-state index in [2.05, 4.69) is 4.98 Å². The van der Waals surface area contributed by atoms with E-state index in [-0.39, 0.29) is 0 Å². The number of pyridine rings is 1. The van der Waals surface area contributed by atoms with Crippen LogP contribution in [0, 0.1) is 0 Å². The maximum atomic E-state index is 9.99. The summed E-state index contributed by atoms with van der Waals surface area (Å²) in [5.74, 6) is 0. The molecule has 0 spiro atoms. The molecule has 45 heavy (non-hydrogen) atoms. The smallest absolute Gasteiger partial charge is 0.147 e. The van der Waals surface area contributed by atoms with E-state index in [4.69, 9.17) is 27.4 Å². The van der Waals surface area contributed by atoms with Gasteiger partial charge in [-0.25, -0.2) is 4.98 Å². The van der Waals surface area contributed by atoms with E-state index < -0.39 is 240 Å². The minimum atomic E-state index is -0.995. The standard InChI is InChI=1S/C41H26N4/c1-2-12-27(13-3-1)43-34-18-8-4-16-31(34)32-23-22-28(26-39(32)43)44-37-21-11-7-17-33(37)40-38(24-25-42-41(40)44)45-35-19-9-5-14-29(35)30-15-6-10-20-36(30)45/h1-26H/i1D,2D,3D,4D,5D,6D,7D,8D,9D,10D,11D,12D,13D,14D,15D,16D,17D,18D,19D,20D,21D,22D,23D,24D,25D,26D. The van der Waals surface area contributed by atoms with Gasteiger partial charge in [0, 0.05) is 44.5 Å². The average Bonchev–Trinajstić information content (AvgIpc) is 3.99. The maximum absolute atomic E-state index is 9.99. The second-order valence-corrected chi connectivity index (χ2v) is 9.72. The summed E-state index contributed by atoms with van der Waals surface area (Å²) in [6, 6.07) is -21.8. The quantitative estimate of drug-likeness (QED) is 0.198. The first-order chi connectivity index (χ1) is 33.2. The number of fused-ring (bicyclic) bond motifs is 9. The Morgan fingerprint density at radius 3 is 1.56 bits per heavy atom. The molecule has 4 heteroatoms. The molecule has 4 nitrogen and oxygen atoms in total. The first kappa shape index (κ1) is 10.2. The predicted octanol–water partition coefficient (Wildman–Crippen LogP) is 10.4. The van der Waals surface area contributed by atoms with Crippen LogP contribution in [-0.2, 0) is 0 Å². The Labute approximate surface area is 295 Å². The Bertz CT molecular complexity index is 4140. The van der Waals surface area contributed by atoms with Gasteiger partial charge in [0.1, 0.15) is 5.65 Å². The topological polar surface area (TPSA) is 27.7 Å². The minimum Gasteiger partial charge on any atom is -0.309 e. The molecule has 0 fully saturated rings. The third kappa shape index (κ3) is 3.34. The average molecular weight is 601 g/mol. The molecule has 0 aliphatic heterocycles. The van der Waals surface area contributed by atoms with Crippen molar-refractivity contribution in [3.8, 4) is 17.1 Å². The van der Waals surface area contributed by atoms with Crippen molar-refractivity contribution >= 4 is 65.5 Å². The highest BCUT2D eigenvalue weighted by Gasteiger charge is 2.21. The fourth-order valence-electron chi connectivity index (χ4n) is 5.73. The van der Waals surface area contributed by atoms with Crippen molar-refractivity contribution in [1.29, 1.82) is 0 Å². The van der Waals surface area contributed by atoms with Gasteiger partial charge in [-0.3, -0.25) is 4.57 Å². The Balaban J connectivity index is 1.54. The summed E-state index contributed by atoms with van der Waals surface area (Å²) in [6.07, 6.45) is -0.995. The van der Waals surface area contributed by atoms with E-state index >= 15 is 0 Å². The molecule has 0 saturated heterocycles. The number of rotatable bonds is 3. The summed E-state index contributed by atoms with van der Waals surface area (Å²) in [6.45, 7) is 0.